The number of fused-ring (bicyclic) bond motifs is 1. The Bertz CT molecular complexity index is 812. The molecule has 0 saturated carbocycles. The van der Waals surface area contributed by atoms with Crippen LogP contribution in [0, 0.1) is 0 Å². The lowest BCUT2D eigenvalue weighted by molar-refractivity contribution is -0.121. The van der Waals surface area contributed by atoms with Crippen LogP contribution in [0.1, 0.15) is 30.2 Å². The Morgan fingerprint density at radius 3 is 2.84 bits per heavy atom. The van der Waals surface area contributed by atoms with Crippen LogP contribution in [0.4, 0.5) is 0 Å². The maximum atomic E-state index is 12.3. The van der Waals surface area contributed by atoms with Crippen molar-refractivity contribution in [1.29, 1.82) is 0 Å². The van der Waals surface area contributed by atoms with Gasteiger partial charge in [0.25, 0.3) is 5.56 Å². The Morgan fingerprint density at radius 1 is 1.36 bits per heavy atom. The zero-order valence-electron chi connectivity index (χ0n) is 14.6. The maximum Gasteiger partial charge on any atom is 0.266 e. The second kappa shape index (κ2) is 7.51. The van der Waals surface area contributed by atoms with E-state index in [1.807, 2.05) is 31.2 Å². The third kappa shape index (κ3) is 4.26. The van der Waals surface area contributed by atoms with Gasteiger partial charge >= 0.3 is 0 Å². The van der Waals surface area contributed by atoms with Gasteiger partial charge in [-0.25, -0.2) is 4.68 Å². The van der Waals surface area contributed by atoms with Crippen molar-refractivity contribution < 1.29 is 9.53 Å². The van der Waals surface area contributed by atoms with Gasteiger partial charge in [-0.05, 0) is 49.4 Å². The molecule has 1 aliphatic rings. The second-order valence-corrected chi connectivity index (χ2v) is 6.34. The summed E-state index contributed by atoms with van der Waals surface area (Å²) in [5.41, 5.74) is 2.74. The normalized spacial score (nSPS) is 16.2. The summed E-state index contributed by atoms with van der Waals surface area (Å²) in [4.78, 5) is 24.0. The highest BCUT2D eigenvalue weighted by Gasteiger charge is 2.22. The number of benzene rings is 1. The molecule has 1 aromatic heterocycles. The van der Waals surface area contributed by atoms with E-state index in [1.54, 1.807) is 13.1 Å². The molecule has 0 unspecified atom stereocenters. The Morgan fingerprint density at radius 2 is 2.12 bits per heavy atom. The predicted molar refractivity (Wildman–Crippen MR) is 94.7 cm³/mol. The molecular weight excluding hydrogens is 318 g/mol. The van der Waals surface area contributed by atoms with E-state index in [4.69, 9.17) is 4.74 Å². The monoisotopic (exact) mass is 341 g/mol. The first-order valence-corrected chi connectivity index (χ1v) is 8.62. The zero-order chi connectivity index (χ0) is 17.8. The molecule has 1 heterocycles. The molecule has 6 nitrogen and oxygen atoms in total. The average Bonchev–Trinajstić information content (AvgIpc) is 2.58. The molecular formula is C19H23N3O3. The van der Waals surface area contributed by atoms with Crippen molar-refractivity contribution in [2.45, 2.75) is 38.6 Å². The van der Waals surface area contributed by atoms with Crippen molar-refractivity contribution in [1.82, 2.24) is 15.1 Å². The molecule has 2 aromatic rings. The molecule has 1 aromatic carbocycles. The van der Waals surface area contributed by atoms with Crippen LogP contribution in [0.25, 0.3) is 0 Å². The van der Waals surface area contributed by atoms with E-state index in [9.17, 15) is 9.59 Å². The molecule has 1 N–H and O–H groups in total. The van der Waals surface area contributed by atoms with Gasteiger partial charge in [0.05, 0.1) is 18.7 Å². The molecule has 132 valence electrons. The van der Waals surface area contributed by atoms with Crippen molar-refractivity contribution in [3.63, 3.8) is 0 Å². The highest BCUT2D eigenvalue weighted by Crippen LogP contribution is 2.18. The standard InChI is InChI=1S/C19H23N3O3/c1-3-25-16-7-4-13(5-8-16)10-18(23)20-15-6-9-17-14(11-15)12-19(24)22(2)21-17/h4-5,7-8,12,15H,3,6,9-11H2,1-2H3,(H,20,23)/t15-/m0/s1. The fourth-order valence-corrected chi connectivity index (χ4v) is 3.14. The van der Waals surface area contributed by atoms with Crippen molar-refractivity contribution in [2.75, 3.05) is 6.61 Å². The van der Waals surface area contributed by atoms with Gasteiger partial charge in [-0.15, -0.1) is 0 Å². The Balaban J connectivity index is 1.58. The third-order valence-corrected chi connectivity index (χ3v) is 4.42. The highest BCUT2D eigenvalue weighted by molar-refractivity contribution is 5.79. The minimum atomic E-state index is -0.111. The summed E-state index contributed by atoms with van der Waals surface area (Å²) in [7, 11) is 1.66. The highest BCUT2D eigenvalue weighted by atomic mass is 16.5. The molecule has 0 bridgehead atoms. The molecule has 1 aliphatic carbocycles. The first-order valence-electron chi connectivity index (χ1n) is 8.62. The second-order valence-electron chi connectivity index (χ2n) is 6.34. The molecule has 3 rings (SSSR count). The van der Waals surface area contributed by atoms with Crippen molar-refractivity contribution in [3.8, 4) is 5.75 Å². The lowest BCUT2D eigenvalue weighted by Crippen LogP contribution is -2.40. The third-order valence-electron chi connectivity index (χ3n) is 4.42. The summed E-state index contributed by atoms with van der Waals surface area (Å²) in [5, 5.41) is 7.37. The minimum absolute atomic E-state index is 0.00518. The van der Waals surface area contributed by atoms with Gasteiger partial charge < -0.3 is 10.1 Å². The van der Waals surface area contributed by atoms with Gasteiger partial charge in [-0.3, -0.25) is 9.59 Å². The zero-order valence-corrected chi connectivity index (χ0v) is 14.6. The maximum absolute atomic E-state index is 12.3. The number of nitrogens with one attached hydrogen (secondary N) is 1. The van der Waals surface area contributed by atoms with E-state index in [-0.39, 0.29) is 17.5 Å². The van der Waals surface area contributed by atoms with Crippen molar-refractivity contribution >= 4 is 5.91 Å². The van der Waals surface area contributed by atoms with Crippen LogP contribution in [-0.4, -0.2) is 28.3 Å². The first kappa shape index (κ1) is 17.2. The largest absolute Gasteiger partial charge is 0.494 e. The molecule has 0 saturated heterocycles. The number of nitrogens with zero attached hydrogens (tertiary/aromatic N) is 2. The van der Waals surface area contributed by atoms with Crippen LogP contribution in [0.2, 0.25) is 0 Å². The number of aryl methyl sites for hydroxylation is 2. The number of carbonyl (C=O) groups excluding carboxylic acids is 1. The number of rotatable bonds is 5. The molecule has 25 heavy (non-hydrogen) atoms. The molecule has 1 atom stereocenters. The summed E-state index contributed by atoms with van der Waals surface area (Å²) in [6.07, 6.45) is 2.61. The fourth-order valence-electron chi connectivity index (χ4n) is 3.14. The Hall–Kier alpha value is -2.63. The first-order chi connectivity index (χ1) is 12.0. The number of carbonyl (C=O) groups is 1. The van der Waals surface area contributed by atoms with Crippen LogP contribution in [0.15, 0.2) is 35.1 Å². The molecule has 0 aliphatic heterocycles. The number of ether oxygens (including phenoxy) is 1. The van der Waals surface area contributed by atoms with Crippen molar-refractivity contribution in [2.24, 2.45) is 7.05 Å². The van der Waals surface area contributed by atoms with Crippen molar-refractivity contribution in [3.05, 3.63) is 57.5 Å². The van der Waals surface area contributed by atoms with Gasteiger partial charge in [0, 0.05) is 19.2 Å². The lowest BCUT2D eigenvalue weighted by Gasteiger charge is -2.25. The predicted octanol–water partition coefficient (Wildman–Crippen LogP) is 1.40. The number of aromatic nitrogens is 2. The van der Waals surface area contributed by atoms with E-state index >= 15 is 0 Å². The smallest absolute Gasteiger partial charge is 0.266 e. The van der Waals surface area contributed by atoms with E-state index in [0.29, 0.717) is 19.4 Å². The fraction of sp³-hybridized carbons (Fsp3) is 0.421. The van der Waals surface area contributed by atoms with E-state index in [1.165, 1.54) is 4.68 Å². The number of hydrogen-bond donors (Lipinski definition) is 1. The van der Waals surface area contributed by atoms with Crippen LogP contribution in [-0.2, 0) is 31.1 Å². The number of hydrogen-bond acceptors (Lipinski definition) is 4. The molecule has 0 fully saturated rings. The van der Waals surface area contributed by atoms with Crippen LogP contribution >= 0.6 is 0 Å². The van der Waals surface area contributed by atoms with Crippen LogP contribution in [0.3, 0.4) is 0 Å². The Labute approximate surface area is 146 Å². The molecule has 0 spiro atoms. The Kier molecular flexibility index (Phi) is 5.16. The van der Waals surface area contributed by atoms with E-state index in [0.717, 1.165) is 35.4 Å². The summed E-state index contributed by atoms with van der Waals surface area (Å²) < 4.78 is 6.77. The summed E-state index contributed by atoms with van der Waals surface area (Å²) >= 11 is 0. The average molecular weight is 341 g/mol. The van der Waals surface area contributed by atoms with Gasteiger partial charge in [-0.2, -0.15) is 5.10 Å². The van der Waals surface area contributed by atoms with Gasteiger partial charge in [0.15, 0.2) is 0 Å². The SMILES string of the molecule is CCOc1ccc(CC(=O)N[C@H]2CCc3nn(C)c(=O)cc3C2)cc1. The van der Waals surface area contributed by atoms with E-state index in [2.05, 4.69) is 10.4 Å². The summed E-state index contributed by atoms with van der Waals surface area (Å²) in [5.74, 6) is 0.805. The topological polar surface area (TPSA) is 73.2 Å². The van der Waals surface area contributed by atoms with E-state index < -0.39 is 0 Å². The van der Waals surface area contributed by atoms with Gasteiger partial charge in [0.1, 0.15) is 5.75 Å². The molecule has 6 heteroatoms. The van der Waals surface area contributed by atoms with Crippen LogP contribution < -0.4 is 15.6 Å². The minimum Gasteiger partial charge on any atom is -0.494 e. The lowest BCUT2D eigenvalue weighted by atomic mass is 9.92. The molecule has 1 amide bonds. The van der Waals surface area contributed by atoms with Crippen LogP contribution in [0.5, 0.6) is 5.75 Å². The van der Waals surface area contributed by atoms with Gasteiger partial charge in [0.2, 0.25) is 5.91 Å². The number of amides is 1. The summed E-state index contributed by atoms with van der Waals surface area (Å²) in [6.45, 7) is 2.57. The molecule has 0 radical (unpaired) electrons. The summed E-state index contributed by atoms with van der Waals surface area (Å²) in [6, 6.07) is 9.27. The quantitative estimate of drug-likeness (QED) is 0.892. The van der Waals surface area contributed by atoms with Gasteiger partial charge in [-0.1, -0.05) is 12.1 Å².